The summed E-state index contributed by atoms with van der Waals surface area (Å²) in [5, 5.41) is 17.9. The molecule has 0 aliphatic carbocycles. The van der Waals surface area contributed by atoms with Crippen LogP contribution in [0.4, 0.5) is 0 Å². The van der Waals surface area contributed by atoms with Gasteiger partial charge in [-0.1, -0.05) is 12.1 Å². The van der Waals surface area contributed by atoms with Gasteiger partial charge in [0, 0.05) is 12.8 Å². The highest BCUT2D eigenvalue weighted by atomic mass is 16.5. The van der Waals surface area contributed by atoms with Crippen molar-refractivity contribution in [3.8, 4) is 5.75 Å². The first kappa shape index (κ1) is 11.5. The van der Waals surface area contributed by atoms with Gasteiger partial charge in [-0.15, -0.1) is 0 Å². The summed E-state index contributed by atoms with van der Waals surface area (Å²) in [7, 11) is -1.42. The van der Waals surface area contributed by atoms with Crippen molar-refractivity contribution in [3.05, 3.63) is 24.3 Å². The van der Waals surface area contributed by atoms with E-state index in [1.807, 2.05) is 0 Å². The molecule has 1 aliphatic heterocycles. The number of hydrogen-bond acceptors (Lipinski definition) is 4. The predicted molar refractivity (Wildman–Crippen MR) is 60.7 cm³/mol. The van der Waals surface area contributed by atoms with Crippen LogP contribution in [0.15, 0.2) is 24.3 Å². The van der Waals surface area contributed by atoms with Gasteiger partial charge in [-0.2, -0.15) is 0 Å². The summed E-state index contributed by atoms with van der Waals surface area (Å²) in [4.78, 5) is 0. The molecule has 1 saturated heterocycles. The Bertz CT molecular complexity index is 319. The lowest BCUT2D eigenvalue weighted by Crippen LogP contribution is -2.30. The largest absolute Gasteiger partial charge is 0.490 e. The Morgan fingerprint density at radius 1 is 1.12 bits per heavy atom. The number of hydrogen-bond donors (Lipinski definition) is 2. The van der Waals surface area contributed by atoms with E-state index in [2.05, 4.69) is 0 Å². The lowest BCUT2D eigenvalue weighted by molar-refractivity contribution is 0.0256. The van der Waals surface area contributed by atoms with Gasteiger partial charge in [0.2, 0.25) is 0 Å². The highest BCUT2D eigenvalue weighted by Gasteiger charge is 2.16. The third-order valence-electron chi connectivity index (χ3n) is 2.65. The molecule has 1 aromatic carbocycles. The molecule has 86 valence electrons. The van der Waals surface area contributed by atoms with E-state index in [0.717, 1.165) is 31.8 Å². The topological polar surface area (TPSA) is 58.9 Å². The Morgan fingerprint density at radius 2 is 1.75 bits per heavy atom. The van der Waals surface area contributed by atoms with Crippen molar-refractivity contribution in [1.82, 2.24) is 0 Å². The van der Waals surface area contributed by atoms with Gasteiger partial charge in [0.15, 0.2) is 0 Å². The maximum atomic E-state index is 8.93. The van der Waals surface area contributed by atoms with E-state index in [0.29, 0.717) is 5.46 Å². The zero-order valence-electron chi connectivity index (χ0n) is 9.00. The number of rotatable bonds is 3. The smallest absolute Gasteiger partial charge is 0.488 e. The van der Waals surface area contributed by atoms with Gasteiger partial charge >= 0.3 is 7.12 Å². The molecule has 1 heterocycles. The minimum Gasteiger partial charge on any atom is -0.490 e. The molecule has 1 aromatic rings. The fourth-order valence-corrected chi connectivity index (χ4v) is 1.70. The maximum Gasteiger partial charge on any atom is 0.488 e. The zero-order chi connectivity index (χ0) is 11.4. The second kappa shape index (κ2) is 5.34. The van der Waals surface area contributed by atoms with Crippen molar-refractivity contribution in [3.63, 3.8) is 0 Å². The Morgan fingerprint density at radius 3 is 2.31 bits per heavy atom. The molecule has 2 rings (SSSR count). The fraction of sp³-hybridized carbons (Fsp3) is 0.455. The molecular formula is C11H15BO4. The van der Waals surface area contributed by atoms with E-state index < -0.39 is 7.12 Å². The third-order valence-corrected chi connectivity index (χ3v) is 2.65. The first-order valence-electron chi connectivity index (χ1n) is 5.46. The van der Waals surface area contributed by atoms with Crippen LogP contribution in [0.3, 0.4) is 0 Å². The third kappa shape index (κ3) is 2.98. The molecule has 1 aliphatic rings. The summed E-state index contributed by atoms with van der Waals surface area (Å²) >= 11 is 0. The monoisotopic (exact) mass is 222 g/mol. The Balaban J connectivity index is 1.93. The van der Waals surface area contributed by atoms with Crippen molar-refractivity contribution in [2.45, 2.75) is 18.9 Å². The van der Waals surface area contributed by atoms with Gasteiger partial charge in [-0.05, 0) is 17.6 Å². The molecule has 0 spiro atoms. The van der Waals surface area contributed by atoms with E-state index in [-0.39, 0.29) is 6.10 Å². The molecule has 0 atom stereocenters. The molecule has 5 heteroatoms. The van der Waals surface area contributed by atoms with Gasteiger partial charge < -0.3 is 19.5 Å². The van der Waals surface area contributed by atoms with Crippen LogP contribution in [0, 0.1) is 0 Å². The Hall–Kier alpha value is -1.04. The van der Waals surface area contributed by atoms with Gasteiger partial charge in [-0.25, -0.2) is 0 Å². The molecule has 0 bridgehead atoms. The van der Waals surface area contributed by atoms with E-state index in [1.54, 1.807) is 24.3 Å². The van der Waals surface area contributed by atoms with Gasteiger partial charge in [-0.3, -0.25) is 0 Å². The molecule has 4 nitrogen and oxygen atoms in total. The SMILES string of the molecule is OB(O)c1ccc(OC2CCOCC2)cc1. The van der Waals surface area contributed by atoms with Crippen LogP contribution in [0.2, 0.25) is 0 Å². The summed E-state index contributed by atoms with van der Waals surface area (Å²) in [5.74, 6) is 0.760. The van der Waals surface area contributed by atoms with Crippen LogP contribution >= 0.6 is 0 Å². The minimum atomic E-state index is -1.42. The molecule has 0 saturated carbocycles. The van der Waals surface area contributed by atoms with E-state index in [1.165, 1.54) is 0 Å². The average Bonchev–Trinajstić information content (AvgIpc) is 2.31. The minimum absolute atomic E-state index is 0.207. The van der Waals surface area contributed by atoms with Gasteiger partial charge in [0.1, 0.15) is 11.9 Å². The second-order valence-corrected chi connectivity index (χ2v) is 3.87. The van der Waals surface area contributed by atoms with Crippen LogP contribution in [0.25, 0.3) is 0 Å². The molecule has 16 heavy (non-hydrogen) atoms. The van der Waals surface area contributed by atoms with E-state index >= 15 is 0 Å². The van der Waals surface area contributed by atoms with Gasteiger partial charge in [0.25, 0.3) is 0 Å². The molecule has 0 aromatic heterocycles. The highest BCUT2D eigenvalue weighted by Crippen LogP contribution is 2.16. The molecule has 2 N–H and O–H groups in total. The summed E-state index contributed by atoms with van der Waals surface area (Å²) in [6, 6.07) is 6.81. The summed E-state index contributed by atoms with van der Waals surface area (Å²) in [5.41, 5.74) is 0.472. The van der Waals surface area contributed by atoms with Gasteiger partial charge in [0.05, 0.1) is 13.2 Å². The number of benzene rings is 1. The lowest BCUT2D eigenvalue weighted by atomic mass is 9.80. The quantitative estimate of drug-likeness (QED) is 0.702. The van der Waals surface area contributed by atoms with Crippen molar-refractivity contribution < 1.29 is 19.5 Å². The van der Waals surface area contributed by atoms with Crippen LogP contribution in [0.5, 0.6) is 5.75 Å². The second-order valence-electron chi connectivity index (χ2n) is 3.87. The fourth-order valence-electron chi connectivity index (χ4n) is 1.70. The lowest BCUT2D eigenvalue weighted by Gasteiger charge is -2.23. The normalized spacial score (nSPS) is 17.1. The van der Waals surface area contributed by atoms with Crippen molar-refractivity contribution in [1.29, 1.82) is 0 Å². The summed E-state index contributed by atoms with van der Waals surface area (Å²) in [6.07, 6.45) is 2.02. The number of ether oxygens (including phenoxy) is 2. The van der Waals surface area contributed by atoms with E-state index in [4.69, 9.17) is 19.5 Å². The first-order chi connectivity index (χ1) is 7.75. The summed E-state index contributed by atoms with van der Waals surface area (Å²) in [6.45, 7) is 1.50. The standard InChI is InChI=1S/C11H15BO4/c13-12(14)9-1-3-10(4-2-9)16-11-5-7-15-8-6-11/h1-4,11,13-14H,5-8H2. The molecule has 0 amide bonds. The van der Waals surface area contributed by atoms with Crippen LogP contribution in [-0.2, 0) is 4.74 Å². The van der Waals surface area contributed by atoms with Crippen LogP contribution in [0.1, 0.15) is 12.8 Å². The molecule has 0 unspecified atom stereocenters. The zero-order valence-corrected chi connectivity index (χ0v) is 9.00. The molecule has 0 radical (unpaired) electrons. The Labute approximate surface area is 95.0 Å². The average molecular weight is 222 g/mol. The van der Waals surface area contributed by atoms with Crippen molar-refractivity contribution in [2.24, 2.45) is 0 Å². The van der Waals surface area contributed by atoms with Crippen LogP contribution in [-0.4, -0.2) is 36.5 Å². The van der Waals surface area contributed by atoms with Crippen molar-refractivity contribution in [2.75, 3.05) is 13.2 Å². The summed E-state index contributed by atoms with van der Waals surface area (Å²) < 4.78 is 11.0. The predicted octanol–water partition coefficient (Wildman–Crippen LogP) is -0.0758. The van der Waals surface area contributed by atoms with E-state index in [9.17, 15) is 0 Å². The molecular weight excluding hydrogens is 207 g/mol. The highest BCUT2D eigenvalue weighted by molar-refractivity contribution is 6.58. The molecule has 1 fully saturated rings. The Kier molecular flexibility index (Phi) is 3.82. The van der Waals surface area contributed by atoms with Crippen LogP contribution < -0.4 is 10.2 Å². The van der Waals surface area contributed by atoms with Crippen molar-refractivity contribution >= 4 is 12.6 Å². The first-order valence-corrected chi connectivity index (χ1v) is 5.46. The maximum absolute atomic E-state index is 8.93.